The van der Waals surface area contributed by atoms with Gasteiger partial charge in [-0.2, -0.15) is 0 Å². The second kappa shape index (κ2) is 5.06. The first-order valence-corrected chi connectivity index (χ1v) is 5.89. The molecule has 0 aliphatic heterocycles. The number of carboxylic acid groups (broad SMARTS) is 1. The van der Waals surface area contributed by atoms with Crippen molar-refractivity contribution >= 4 is 11.7 Å². The topological polar surface area (TPSA) is 75.1 Å². The van der Waals surface area contributed by atoms with Gasteiger partial charge in [0, 0.05) is 18.1 Å². The molecular weight excluding hydrogens is 242 g/mol. The summed E-state index contributed by atoms with van der Waals surface area (Å²) in [4.78, 5) is 19.9. The van der Waals surface area contributed by atoms with E-state index in [2.05, 4.69) is 15.3 Å². The molecule has 5 heteroatoms. The number of carboxylic acids is 1. The standard InChI is InChI=1S/C14H15N3O2/c1-10-12(16-9-8-15-10)14(2,13(18)19)17-11-6-4-3-5-7-11/h3-9,17H,1-2H3,(H,18,19). The zero-order chi connectivity index (χ0) is 13.9. The first kappa shape index (κ1) is 13.0. The number of aromatic nitrogens is 2. The Morgan fingerprint density at radius 1 is 1.21 bits per heavy atom. The number of aliphatic carboxylic acids is 1. The normalized spacial score (nSPS) is 13.6. The maximum atomic E-state index is 11.6. The number of benzene rings is 1. The average Bonchev–Trinajstić information content (AvgIpc) is 2.40. The van der Waals surface area contributed by atoms with Crippen LogP contribution in [-0.2, 0) is 10.3 Å². The summed E-state index contributed by atoms with van der Waals surface area (Å²) in [6.45, 7) is 3.33. The number of rotatable bonds is 4. The summed E-state index contributed by atoms with van der Waals surface area (Å²) in [5, 5.41) is 12.6. The molecule has 0 aliphatic rings. The van der Waals surface area contributed by atoms with E-state index in [9.17, 15) is 9.90 Å². The van der Waals surface area contributed by atoms with Gasteiger partial charge in [-0.25, -0.2) is 4.79 Å². The van der Waals surface area contributed by atoms with Gasteiger partial charge in [-0.15, -0.1) is 0 Å². The molecule has 0 spiro atoms. The molecule has 0 saturated carbocycles. The van der Waals surface area contributed by atoms with Gasteiger partial charge in [-0.1, -0.05) is 18.2 Å². The SMILES string of the molecule is Cc1nccnc1C(C)(Nc1ccccc1)C(=O)O. The highest BCUT2D eigenvalue weighted by Gasteiger charge is 2.38. The van der Waals surface area contributed by atoms with Crippen molar-refractivity contribution < 1.29 is 9.90 Å². The van der Waals surface area contributed by atoms with Crippen LogP contribution < -0.4 is 5.32 Å². The van der Waals surface area contributed by atoms with Gasteiger partial charge in [-0.3, -0.25) is 9.97 Å². The van der Waals surface area contributed by atoms with Crippen molar-refractivity contribution in [3.05, 3.63) is 54.1 Å². The predicted octanol–water partition coefficient (Wildman–Crippen LogP) is 2.20. The van der Waals surface area contributed by atoms with Crippen LogP contribution in [0, 0.1) is 6.92 Å². The molecule has 5 nitrogen and oxygen atoms in total. The van der Waals surface area contributed by atoms with Crippen molar-refractivity contribution in [1.29, 1.82) is 0 Å². The van der Waals surface area contributed by atoms with Gasteiger partial charge in [-0.05, 0) is 26.0 Å². The largest absolute Gasteiger partial charge is 0.479 e. The van der Waals surface area contributed by atoms with E-state index in [-0.39, 0.29) is 0 Å². The Kier molecular flexibility index (Phi) is 3.46. The van der Waals surface area contributed by atoms with Gasteiger partial charge in [0.15, 0.2) is 5.54 Å². The maximum Gasteiger partial charge on any atom is 0.335 e. The van der Waals surface area contributed by atoms with Crippen LogP contribution in [0.3, 0.4) is 0 Å². The van der Waals surface area contributed by atoms with Crippen LogP contribution in [0.2, 0.25) is 0 Å². The van der Waals surface area contributed by atoms with Gasteiger partial charge in [0.25, 0.3) is 0 Å². The zero-order valence-corrected chi connectivity index (χ0v) is 10.8. The Balaban J connectivity index is 2.45. The zero-order valence-electron chi connectivity index (χ0n) is 10.8. The molecule has 1 aromatic heterocycles. The van der Waals surface area contributed by atoms with E-state index < -0.39 is 11.5 Å². The third-order valence-corrected chi connectivity index (χ3v) is 2.95. The molecule has 0 radical (unpaired) electrons. The van der Waals surface area contributed by atoms with Crippen molar-refractivity contribution in [2.45, 2.75) is 19.4 Å². The van der Waals surface area contributed by atoms with Crippen LogP contribution >= 0.6 is 0 Å². The van der Waals surface area contributed by atoms with Gasteiger partial charge < -0.3 is 10.4 Å². The summed E-state index contributed by atoms with van der Waals surface area (Å²) < 4.78 is 0. The summed E-state index contributed by atoms with van der Waals surface area (Å²) in [6, 6.07) is 9.18. The molecule has 2 aromatic rings. The minimum absolute atomic E-state index is 0.409. The average molecular weight is 257 g/mol. The number of nitrogens with zero attached hydrogens (tertiary/aromatic N) is 2. The number of aryl methyl sites for hydroxylation is 1. The van der Waals surface area contributed by atoms with E-state index in [0.29, 0.717) is 11.4 Å². The number of nitrogens with one attached hydrogen (secondary N) is 1. The van der Waals surface area contributed by atoms with Crippen LogP contribution in [0.25, 0.3) is 0 Å². The fourth-order valence-corrected chi connectivity index (χ4v) is 1.92. The molecule has 2 N–H and O–H groups in total. The van der Waals surface area contributed by atoms with E-state index in [1.165, 1.54) is 6.20 Å². The van der Waals surface area contributed by atoms with Crippen molar-refractivity contribution in [2.75, 3.05) is 5.32 Å². The second-order valence-corrected chi connectivity index (χ2v) is 4.41. The number of carbonyl (C=O) groups is 1. The fraction of sp³-hybridized carbons (Fsp3) is 0.214. The van der Waals surface area contributed by atoms with Crippen LogP contribution in [0.15, 0.2) is 42.7 Å². The minimum Gasteiger partial charge on any atom is -0.479 e. The third kappa shape index (κ3) is 2.54. The number of hydrogen-bond donors (Lipinski definition) is 2. The molecule has 1 unspecified atom stereocenters. The Hall–Kier alpha value is -2.43. The second-order valence-electron chi connectivity index (χ2n) is 4.41. The Morgan fingerprint density at radius 2 is 1.84 bits per heavy atom. The van der Waals surface area contributed by atoms with Gasteiger partial charge in [0.1, 0.15) is 0 Å². The van der Waals surface area contributed by atoms with Crippen molar-refractivity contribution in [1.82, 2.24) is 9.97 Å². The maximum absolute atomic E-state index is 11.6. The third-order valence-electron chi connectivity index (χ3n) is 2.95. The van der Waals surface area contributed by atoms with E-state index in [1.54, 1.807) is 20.0 Å². The van der Waals surface area contributed by atoms with Gasteiger partial charge in [0.2, 0.25) is 0 Å². The van der Waals surface area contributed by atoms with Crippen molar-refractivity contribution in [2.24, 2.45) is 0 Å². The van der Waals surface area contributed by atoms with Crippen molar-refractivity contribution in [3.63, 3.8) is 0 Å². The highest BCUT2D eigenvalue weighted by atomic mass is 16.4. The molecule has 0 aliphatic carbocycles. The van der Waals surface area contributed by atoms with Crippen LogP contribution in [0.1, 0.15) is 18.3 Å². The Morgan fingerprint density at radius 3 is 2.42 bits per heavy atom. The summed E-state index contributed by atoms with van der Waals surface area (Å²) in [5.74, 6) is -1.00. The molecule has 1 heterocycles. The lowest BCUT2D eigenvalue weighted by molar-refractivity contribution is -0.142. The van der Waals surface area contributed by atoms with E-state index in [1.807, 2.05) is 30.3 Å². The first-order valence-electron chi connectivity index (χ1n) is 5.89. The van der Waals surface area contributed by atoms with E-state index >= 15 is 0 Å². The molecule has 0 saturated heterocycles. The predicted molar refractivity (Wildman–Crippen MR) is 71.8 cm³/mol. The number of hydrogen-bond acceptors (Lipinski definition) is 4. The van der Waals surface area contributed by atoms with E-state index in [4.69, 9.17) is 0 Å². The molecule has 0 fully saturated rings. The highest BCUT2D eigenvalue weighted by molar-refractivity contribution is 5.83. The fourth-order valence-electron chi connectivity index (χ4n) is 1.92. The molecule has 19 heavy (non-hydrogen) atoms. The lowest BCUT2D eigenvalue weighted by Gasteiger charge is -2.27. The molecule has 1 aromatic carbocycles. The smallest absolute Gasteiger partial charge is 0.335 e. The monoisotopic (exact) mass is 257 g/mol. The Bertz CT molecular complexity index is 586. The summed E-state index contributed by atoms with van der Waals surface area (Å²) in [5.41, 5.74) is 0.402. The lowest BCUT2D eigenvalue weighted by Crippen LogP contribution is -2.42. The molecule has 98 valence electrons. The van der Waals surface area contributed by atoms with Crippen molar-refractivity contribution in [3.8, 4) is 0 Å². The number of anilines is 1. The summed E-state index contributed by atoms with van der Waals surface area (Å²) in [7, 11) is 0. The Labute approximate surface area is 111 Å². The molecule has 1 atom stereocenters. The molecule has 0 amide bonds. The van der Waals surface area contributed by atoms with Crippen LogP contribution in [0.4, 0.5) is 5.69 Å². The minimum atomic E-state index is -1.32. The number of para-hydroxylation sites is 1. The van der Waals surface area contributed by atoms with Gasteiger partial charge in [0.05, 0.1) is 11.4 Å². The lowest BCUT2D eigenvalue weighted by atomic mass is 9.95. The van der Waals surface area contributed by atoms with Crippen LogP contribution in [0.5, 0.6) is 0 Å². The summed E-state index contributed by atoms with van der Waals surface area (Å²) >= 11 is 0. The van der Waals surface area contributed by atoms with Gasteiger partial charge >= 0.3 is 5.97 Å². The summed E-state index contributed by atoms with van der Waals surface area (Å²) in [6.07, 6.45) is 3.04. The van der Waals surface area contributed by atoms with E-state index in [0.717, 1.165) is 5.69 Å². The first-order chi connectivity index (χ1) is 9.04. The highest BCUT2D eigenvalue weighted by Crippen LogP contribution is 2.26. The quantitative estimate of drug-likeness (QED) is 0.878. The molecular formula is C14H15N3O2. The molecule has 0 bridgehead atoms. The van der Waals surface area contributed by atoms with Crippen LogP contribution in [-0.4, -0.2) is 21.0 Å². The molecule has 2 rings (SSSR count).